The molecule has 0 amide bonds. The minimum atomic E-state index is -0.779. The van der Waals surface area contributed by atoms with Crippen molar-refractivity contribution < 1.29 is 19.8 Å². The highest BCUT2D eigenvalue weighted by Crippen LogP contribution is 2.25. The van der Waals surface area contributed by atoms with Gasteiger partial charge in [0, 0.05) is 6.42 Å². The van der Waals surface area contributed by atoms with Gasteiger partial charge in [-0.2, -0.15) is 0 Å². The van der Waals surface area contributed by atoms with Gasteiger partial charge in [-0.1, -0.05) is 26.7 Å². The predicted octanol–water partition coefficient (Wildman–Crippen LogP) is 2.77. The van der Waals surface area contributed by atoms with Crippen molar-refractivity contribution in [3.05, 3.63) is 0 Å². The fraction of sp³-hybridized carbons (Fsp3) is 0.833. The van der Waals surface area contributed by atoms with E-state index < -0.39 is 11.9 Å². The second-order valence-electron chi connectivity index (χ2n) is 4.16. The Bertz CT molecular complexity index is 225. The van der Waals surface area contributed by atoms with Crippen LogP contribution in [0, 0.1) is 11.8 Å². The van der Waals surface area contributed by atoms with E-state index >= 15 is 0 Å². The summed E-state index contributed by atoms with van der Waals surface area (Å²) in [5.41, 5.74) is 0. The van der Waals surface area contributed by atoms with E-state index in [-0.39, 0.29) is 18.3 Å². The minimum Gasteiger partial charge on any atom is -0.481 e. The molecule has 2 N–H and O–H groups in total. The van der Waals surface area contributed by atoms with E-state index in [1.807, 2.05) is 13.8 Å². The molecule has 0 heterocycles. The fourth-order valence-electron chi connectivity index (χ4n) is 2.08. The summed E-state index contributed by atoms with van der Waals surface area (Å²) in [6.07, 6.45) is 3.93. The summed E-state index contributed by atoms with van der Waals surface area (Å²) in [4.78, 5) is 21.3. The third kappa shape index (κ3) is 5.73. The van der Waals surface area contributed by atoms with Crippen molar-refractivity contribution in [2.45, 2.75) is 52.4 Å². The molecule has 0 rings (SSSR count). The first-order valence-electron chi connectivity index (χ1n) is 5.97. The Labute approximate surface area is 96.7 Å². The van der Waals surface area contributed by atoms with Crippen LogP contribution < -0.4 is 0 Å². The van der Waals surface area contributed by atoms with E-state index in [1.54, 1.807) is 0 Å². The zero-order valence-corrected chi connectivity index (χ0v) is 10.1. The second-order valence-corrected chi connectivity index (χ2v) is 4.16. The van der Waals surface area contributed by atoms with Crippen LogP contribution in [0.5, 0.6) is 0 Å². The number of rotatable bonds is 9. The molecule has 0 saturated heterocycles. The Kier molecular flexibility index (Phi) is 7.60. The first-order valence-corrected chi connectivity index (χ1v) is 5.97. The number of unbranched alkanes of at least 4 members (excludes halogenated alkanes) is 1. The van der Waals surface area contributed by atoms with Crippen molar-refractivity contribution in [1.82, 2.24) is 0 Å². The van der Waals surface area contributed by atoms with Crippen molar-refractivity contribution in [2.24, 2.45) is 11.8 Å². The summed E-state index contributed by atoms with van der Waals surface area (Å²) in [6.45, 7) is 3.88. The Morgan fingerprint density at radius 3 is 2.06 bits per heavy atom. The van der Waals surface area contributed by atoms with Gasteiger partial charge in [0.2, 0.25) is 0 Å². The zero-order valence-electron chi connectivity index (χ0n) is 10.1. The average Bonchev–Trinajstić information content (AvgIpc) is 2.21. The SMILES string of the molecule is CCC(CCCCC(=O)O)C(CC)C(=O)O. The molecule has 0 aromatic rings. The van der Waals surface area contributed by atoms with Gasteiger partial charge in [0.1, 0.15) is 0 Å². The molecule has 16 heavy (non-hydrogen) atoms. The average molecular weight is 230 g/mol. The lowest BCUT2D eigenvalue weighted by Crippen LogP contribution is -2.22. The van der Waals surface area contributed by atoms with E-state index in [1.165, 1.54) is 0 Å². The van der Waals surface area contributed by atoms with Crippen molar-refractivity contribution >= 4 is 11.9 Å². The van der Waals surface area contributed by atoms with Crippen molar-refractivity contribution in [1.29, 1.82) is 0 Å². The van der Waals surface area contributed by atoms with Gasteiger partial charge in [-0.05, 0) is 25.2 Å². The van der Waals surface area contributed by atoms with E-state index in [4.69, 9.17) is 10.2 Å². The molecule has 0 aliphatic rings. The first-order chi connectivity index (χ1) is 7.52. The van der Waals surface area contributed by atoms with Crippen LogP contribution in [0.1, 0.15) is 52.4 Å². The predicted molar refractivity (Wildman–Crippen MR) is 61.3 cm³/mol. The van der Waals surface area contributed by atoms with Crippen molar-refractivity contribution in [3.63, 3.8) is 0 Å². The van der Waals surface area contributed by atoms with Crippen LogP contribution in [0.4, 0.5) is 0 Å². The molecule has 0 fully saturated rings. The van der Waals surface area contributed by atoms with Crippen LogP contribution in [0.2, 0.25) is 0 Å². The summed E-state index contributed by atoms with van der Waals surface area (Å²) < 4.78 is 0. The molecule has 94 valence electrons. The molecule has 0 radical (unpaired) electrons. The quantitative estimate of drug-likeness (QED) is 0.597. The number of carbonyl (C=O) groups is 2. The Balaban J connectivity index is 3.98. The number of carboxylic acids is 2. The highest BCUT2D eigenvalue weighted by Gasteiger charge is 2.24. The van der Waals surface area contributed by atoms with Crippen LogP contribution in [-0.2, 0) is 9.59 Å². The normalized spacial score (nSPS) is 14.4. The number of aliphatic carboxylic acids is 2. The summed E-state index contributed by atoms with van der Waals surface area (Å²) in [6, 6.07) is 0. The minimum absolute atomic E-state index is 0.177. The molecule has 0 saturated carbocycles. The molecular formula is C12H22O4. The maximum atomic E-state index is 11.0. The molecule has 4 nitrogen and oxygen atoms in total. The number of carboxylic acid groups (broad SMARTS) is 2. The summed E-state index contributed by atoms with van der Waals surface area (Å²) in [7, 11) is 0. The summed E-state index contributed by atoms with van der Waals surface area (Å²) in [5, 5.41) is 17.5. The van der Waals surface area contributed by atoms with E-state index in [0.29, 0.717) is 12.8 Å². The summed E-state index contributed by atoms with van der Waals surface area (Å²) >= 11 is 0. The van der Waals surface area contributed by atoms with Gasteiger partial charge in [-0.25, -0.2) is 0 Å². The molecule has 0 spiro atoms. The van der Waals surface area contributed by atoms with Gasteiger partial charge >= 0.3 is 11.9 Å². The molecule has 0 aliphatic carbocycles. The highest BCUT2D eigenvalue weighted by molar-refractivity contribution is 5.70. The third-order valence-electron chi connectivity index (χ3n) is 3.07. The lowest BCUT2D eigenvalue weighted by atomic mass is 9.84. The molecule has 0 aliphatic heterocycles. The second kappa shape index (κ2) is 8.13. The summed E-state index contributed by atoms with van der Waals surface area (Å²) in [5.74, 6) is -1.61. The monoisotopic (exact) mass is 230 g/mol. The first kappa shape index (κ1) is 14.9. The van der Waals surface area contributed by atoms with Gasteiger partial charge in [0.25, 0.3) is 0 Å². The number of hydrogen-bond donors (Lipinski definition) is 2. The van der Waals surface area contributed by atoms with Crippen LogP contribution in [0.3, 0.4) is 0 Å². The largest absolute Gasteiger partial charge is 0.481 e. The number of hydrogen-bond acceptors (Lipinski definition) is 2. The van der Waals surface area contributed by atoms with Crippen molar-refractivity contribution in [3.8, 4) is 0 Å². The molecule has 0 aromatic carbocycles. The van der Waals surface area contributed by atoms with E-state index in [0.717, 1.165) is 19.3 Å². The Hall–Kier alpha value is -1.06. The van der Waals surface area contributed by atoms with E-state index in [2.05, 4.69) is 0 Å². The van der Waals surface area contributed by atoms with Gasteiger partial charge in [0.15, 0.2) is 0 Å². The lowest BCUT2D eigenvalue weighted by Gasteiger charge is -2.21. The topological polar surface area (TPSA) is 74.6 Å². The van der Waals surface area contributed by atoms with Gasteiger partial charge < -0.3 is 10.2 Å². The maximum Gasteiger partial charge on any atom is 0.306 e. The third-order valence-corrected chi connectivity index (χ3v) is 3.07. The molecule has 4 heteroatoms. The highest BCUT2D eigenvalue weighted by atomic mass is 16.4. The van der Waals surface area contributed by atoms with Crippen LogP contribution in [0.15, 0.2) is 0 Å². The van der Waals surface area contributed by atoms with Gasteiger partial charge in [0.05, 0.1) is 5.92 Å². The standard InChI is InChI=1S/C12H22O4/c1-3-9(10(4-2)12(15)16)7-5-6-8-11(13)14/h9-10H,3-8H2,1-2H3,(H,13,14)(H,15,16). The van der Waals surface area contributed by atoms with Gasteiger partial charge in [-0.3, -0.25) is 9.59 Å². The molecular weight excluding hydrogens is 208 g/mol. The maximum absolute atomic E-state index is 11.0. The van der Waals surface area contributed by atoms with Crippen molar-refractivity contribution in [2.75, 3.05) is 0 Å². The molecule has 0 bridgehead atoms. The molecule has 2 atom stereocenters. The lowest BCUT2D eigenvalue weighted by molar-refractivity contribution is -0.144. The molecule has 0 aromatic heterocycles. The zero-order chi connectivity index (χ0) is 12.6. The van der Waals surface area contributed by atoms with Crippen LogP contribution in [-0.4, -0.2) is 22.2 Å². The Morgan fingerprint density at radius 1 is 1.06 bits per heavy atom. The van der Waals surface area contributed by atoms with Crippen LogP contribution in [0.25, 0.3) is 0 Å². The van der Waals surface area contributed by atoms with Crippen LogP contribution >= 0.6 is 0 Å². The Morgan fingerprint density at radius 2 is 1.69 bits per heavy atom. The molecule has 2 unspecified atom stereocenters. The van der Waals surface area contributed by atoms with Gasteiger partial charge in [-0.15, -0.1) is 0 Å². The fourth-order valence-corrected chi connectivity index (χ4v) is 2.08. The smallest absolute Gasteiger partial charge is 0.306 e. The van der Waals surface area contributed by atoms with E-state index in [9.17, 15) is 9.59 Å².